The predicted octanol–water partition coefficient (Wildman–Crippen LogP) is 6.24. The number of aliphatic imine (C=N–C) groups is 1. The summed E-state index contributed by atoms with van der Waals surface area (Å²) in [6.07, 6.45) is 6.46. The van der Waals surface area contributed by atoms with Crippen LogP contribution in [0, 0.1) is 11.3 Å². The Morgan fingerprint density at radius 3 is 2.22 bits per heavy atom. The lowest BCUT2D eigenvalue weighted by Gasteiger charge is -2.39. The lowest BCUT2D eigenvalue weighted by atomic mass is 9.77. The number of ether oxygens (including phenoxy) is 2. The van der Waals surface area contributed by atoms with Crippen LogP contribution in [-0.2, 0) is 10.0 Å². The van der Waals surface area contributed by atoms with Crippen molar-refractivity contribution < 1.29 is 17.9 Å². The summed E-state index contributed by atoms with van der Waals surface area (Å²) in [5, 5.41) is 1.23. The van der Waals surface area contributed by atoms with Crippen LogP contribution in [0.25, 0.3) is 5.70 Å². The smallest absolute Gasteiger partial charge is 0.243 e. The van der Waals surface area contributed by atoms with Gasteiger partial charge >= 0.3 is 0 Å². The van der Waals surface area contributed by atoms with Gasteiger partial charge in [-0.2, -0.15) is 4.31 Å². The summed E-state index contributed by atoms with van der Waals surface area (Å²) in [5.74, 6) is 3.12. The van der Waals surface area contributed by atoms with E-state index in [1.165, 1.54) is 29.9 Å². The van der Waals surface area contributed by atoms with E-state index in [9.17, 15) is 8.42 Å². The van der Waals surface area contributed by atoms with Crippen molar-refractivity contribution in [1.29, 1.82) is 0 Å². The van der Waals surface area contributed by atoms with Crippen molar-refractivity contribution in [3.05, 3.63) is 59.7 Å². The molecule has 0 radical (unpaired) electrons. The monoisotopic (exact) mass is 540 g/mol. The van der Waals surface area contributed by atoms with E-state index in [0.717, 1.165) is 42.0 Å². The summed E-state index contributed by atoms with van der Waals surface area (Å²) >= 11 is 1.87. The molecule has 2 fully saturated rings. The van der Waals surface area contributed by atoms with Crippen LogP contribution < -0.4 is 9.47 Å². The SMILES string of the molecule is COc1ccc(C2=C(C)CSC(CC3CCC4(CCN(S(=O)(=O)c5ccc(OC)cc5)CC4)C3)=N2)cc1. The molecule has 2 heterocycles. The summed E-state index contributed by atoms with van der Waals surface area (Å²) in [4.78, 5) is 5.44. The van der Waals surface area contributed by atoms with E-state index in [2.05, 4.69) is 19.1 Å². The highest BCUT2D eigenvalue weighted by molar-refractivity contribution is 8.14. The van der Waals surface area contributed by atoms with Gasteiger partial charge in [-0.3, -0.25) is 0 Å². The van der Waals surface area contributed by atoms with E-state index < -0.39 is 10.0 Å². The zero-order valence-electron chi connectivity index (χ0n) is 21.9. The average molecular weight is 541 g/mol. The van der Waals surface area contributed by atoms with Crippen LogP contribution in [0.4, 0.5) is 0 Å². The molecule has 0 bridgehead atoms. The Morgan fingerprint density at radius 2 is 1.59 bits per heavy atom. The van der Waals surface area contributed by atoms with Crippen molar-refractivity contribution in [2.24, 2.45) is 16.3 Å². The standard InChI is InChI=1S/C29H36N2O4S2/c1-21-20-36-27(30-28(21)23-4-6-24(34-2)7-5-23)18-22-12-13-29(19-22)14-16-31(17-15-29)37(32,33)26-10-8-25(35-3)9-11-26/h4-11,22H,12-20H2,1-3H3. The third-order valence-electron chi connectivity index (χ3n) is 8.21. The molecule has 2 aromatic carbocycles. The Kier molecular flexibility index (Phi) is 7.70. The van der Waals surface area contributed by atoms with Crippen LogP contribution in [0.5, 0.6) is 11.5 Å². The number of sulfonamides is 1. The Hall–Kier alpha value is -2.29. The number of hydrogen-bond acceptors (Lipinski definition) is 6. The molecule has 1 atom stereocenters. The fourth-order valence-corrected chi connectivity index (χ4v) is 8.45. The topological polar surface area (TPSA) is 68.2 Å². The molecule has 1 aliphatic carbocycles. The van der Waals surface area contributed by atoms with E-state index in [4.69, 9.17) is 14.5 Å². The summed E-state index contributed by atoms with van der Waals surface area (Å²) in [7, 11) is -0.201. The Labute approximate surface area is 225 Å². The largest absolute Gasteiger partial charge is 0.497 e. The minimum absolute atomic E-state index is 0.265. The van der Waals surface area contributed by atoms with Gasteiger partial charge < -0.3 is 9.47 Å². The van der Waals surface area contributed by atoms with Gasteiger partial charge in [0, 0.05) is 24.4 Å². The first kappa shape index (κ1) is 26.3. The summed E-state index contributed by atoms with van der Waals surface area (Å²) in [6, 6.07) is 14.9. The van der Waals surface area contributed by atoms with Gasteiger partial charge in [-0.25, -0.2) is 13.4 Å². The van der Waals surface area contributed by atoms with Gasteiger partial charge in [0.05, 0.1) is 29.9 Å². The maximum absolute atomic E-state index is 13.2. The van der Waals surface area contributed by atoms with E-state index in [0.29, 0.717) is 29.7 Å². The Bertz CT molecular complexity index is 1280. The van der Waals surface area contributed by atoms with Crippen molar-refractivity contribution in [2.75, 3.05) is 33.1 Å². The molecule has 0 amide bonds. The van der Waals surface area contributed by atoms with Crippen molar-refractivity contribution in [3.63, 3.8) is 0 Å². The molecule has 3 aliphatic rings. The second-order valence-electron chi connectivity index (χ2n) is 10.5. The molecular formula is C29H36N2O4S2. The molecule has 6 nitrogen and oxygen atoms in total. The van der Waals surface area contributed by atoms with Crippen LogP contribution in [0.15, 0.2) is 64.0 Å². The lowest BCUT2D eigenvalue weighted by Crippen LogP contribution is -2.42. The lowest BCUT2D eigenvalue weighted by molar-refractivity contribution is 0.155. The number of methoxy groups -OCH3 is 2. The molecule has 0 N–H and O–H groups in total. The quantitative estimate of drug-likeness (QED) is 0.416. The molecule has 2 aromatic rings. The first-order chi connectivity index (χ1) is 17.8. The van der Waals surface area contributed by atoms with Gasteiger partial charge in [0.1, 0.15) is 11.5 Å². The summed E-state index contributed by atoms with van der Waals surface area (Å²) < 4.78 is 38.5. The molecular weight excluding hydrogens is 504 g/mol. The molecule has 1 saturated heterocycles. The summed E-state index contributed by atoms with van der Waals surface area (Å²) in [5.41, 5.74) is 3.82. The number of benzene rings is 2. The zero-order valence-corrected chi connectivity index (χ0v) is 23.5. The van der Waals surface area contributed by atoms with E-state index in [-0.39, 0.29) is 5.41 Å². The maximum atomic E-state index is 13.2. The highest BCUT2D eigenvalue weighted by Crippen LogP contribution is 2.51. The van der Waals surface area contributed by atoms with E-state index in [1.807, 2.05) is 23.9 Å². The molecule has 1 spiro atoms. The van der Waals surface area contributed by atoms with Crippen molar-refractivity contribution in [1.82, 2.24) is 4.31 Å². The first-order valence-corrected chi connectivity index (χ1v) is 15.4. The minimum Gasteiger partial charge on any atom is -0.497 e. The van der Waals surface area contributed by atoms with Crippen LogP contribution in [-0.4, -0.2) is 50.8 Å². The van der Waals surface area contributed by atoms with Crippen molar-refractivity contribution >= 4 is 32.5 Å². The average Bonchev–Trinajstić information content (AvgIpc) is 3.31. The van der Waals surface area contributed by atoms with Gasteiger partial charge in [-0.05, 0) is 111 Å². The summed E-state index contributed by atoms with van der Waals surface area (Å²) in [6.45, 7) is 3.37. The highest BCUT2D eigenvalue weighted by Gasteiger charge is 2.43. The fourth-order valence-electron chi connectivity index (χ4n) is 5.98. The van der Waals surface area contributed by atoms with Crippen molar-refractivity contribution in [3.8, 4) is 11.5 Å². The van der Waals surface area contributed by atoms with E-state index >= 15 is 0 Å². The third kappa shape index (κ3) is 5.61. The molecule has 37 heavy (non-hydrogen) atoms. The van der Waals surface area contributed by atoms with Crippen molar-refractivity contribution in [2.45, 2.75) is 50.3 Å². The molecule has 1 saturated carbocycles. The number of piperidine rings is 1. The van der Waals surface area contributed by atoms with Gasteiger partial charge in [0.15, 0.2) is 0 Å². The van der Waals surface area contributed by atoms with Gasteiger partial charge in [0.2, 0.25) is 10.0 Å². The molecule has 5 rings (SSSR count). The third-order valence-corrected chi connectivity index (χ3v) is 11.3. The fraction of sp³-hybridized carbons (Fsp3) is 0.483. The van der Waals surface area contributed by atoms with Crippen LogP contribution in [0.2, 0.25) is 0 Å². The van der Waals surface area contributed by atoms with Gasteiger partial charge in [0.25, 0.3) is 0 Å². The molecule has 2 aliphatic heterocycles. The second kappa shape index (κ2) is 10.8. The first-order valence-electron chi connectivity index (χ1n) is 13.0. The minimum atomic E-state index is -3.47. The van der Waals surface area contributed by atoms with Gasteiger partial charge in [-0.1, -0.05) is 0 Å². The predicted molar refractivity (Wildman–Crippen MR) is 151 cm³/mol. The van der Waals surface area contributed by atoms with Gasteiger partial charge in [-0.15, -0.1) is 11.8 Å². The van der Waals surface area contributed by atoms with Crippen LogP contribution in [0.3, 0.4) is 0 Å². The normalized spacial score (nSPS) is 22.2. The number of hydrogen-bond donors (Lipinski definition) is 0. The van der Waals surface area contributed by atoms with Crippen LogP contribution in [0.1, 0.15) is 51.0 Å². The molecule has 198 valence electrons. The number of nitrogens with zero attached hydrogens (tertiary/aromatic N) is 2. The van der Waals surface area contributed by atoms with E-state index in [1.54, 1.807) is 42.8 Å². The maximum Gasteiger partial charge on any atom is 0.243 e. The molecule has 0 aromatic heterocycles. The second-order valence-corrected chi connectivity index (χ2v) is 13.5. The van der Waals surface area contributed by atoms with Crippen LogP contribution >= 0.6 is 11.8 Å². The highest BCUT2D eigenvalue weighted by atomic mass is 32.2. The number of rotatable bonds is 7. The zero-order chi connectivity index (χ0) is 26.0. The Balaban J connectivity index is 1.20. The molecule has 1 unspecified atom stereocenters. The molecule has 8 heteroatoms. The Morgan fingerprint density at radius 1 is 0.973 bits per heavy atom. The number of thioether (sulfide) groups is 1.